The Kier molecular flexibility index (Phi) is 5.23. The van der Waals surface area contributed by atoms with E-state index in [0.29, 0.717) is 12.4 Å². The van der Waals surface area contributed by atoms with Crippen LogP contribution in [0, 0.1) is 6.92 Å². The fourth-order valence-electron chi connectivity index (χ4n) is 2.51. The van der Waals surface area contributed by atoms with Crippen molar-refractivity contribution >= 4 is 5.91 Å². The van der Waals surface area contributed by atoms with Crippen molar-refractivity contribution in [1.29, 1.82) is 0 Å². The molecule has 0 aliphatic carbocycles. The van der Waals surface area contributed by atoms with Crippen molar-refractivity contribution in [1.82, 2.24) is 20.1 Å². The number of aromatic nitrogens is 3. The standard InChI is InChI=1S/C20H22N4O/c1-3-4-14-21-20(25)18-22-19(16-8-6-5-7-9-16)24(23-18)17-12-10-15(2)11-13-17/h5-13H,3-4,14H2,1-2H3,(H,21,25). The normalized spacial score (nSPS) is 10.6. The maximum absolute atomic E-state index is 12.4. The second-order valence-corrected chi connectivity index (χ2v) is 5.98. The van der Waals surface area contributed by atoms with Crippen LogP contribution in [0.25, 0.3) is 17.1 Å². The Morgan fingerprint density at radius 2 is 1.80 bits per heavy atom. The van der Waals surface area contributed by atoms with Crippen LogP contribution in [-0.2, 0) is 0 Å². The van der Waals surface area contributed by atoms with Gasteiger partial charge in [0.05, 0.1) is 5.69 Å². The summed E-state index contributed by atoms with van der Waals surface area (Å²) in [5.41, 5.74) is 2.97. The zero-order valence-electron chi connectivity index (χ0n) is 14.6. The number of carbonyl (C=O) groups is 1. The first-order valence-corrected chi connectivity index (χ1v) is 8.56. The lowest BCUT2D eigenvalue weighted by Gasteiger charge is -2.06. The van der Waals surface area contributed by atoms with Crippen LogP contribution in [0.15, 0.2) is 54.6 Å². The van der Waals surface area contributed by atoms with Gasteiger partial charge in [0.25, 0.3) is 5.91 Å². The number of nitrogens with zero attached hydrogens (tertiary/aromatic N) is 3. The number of rotatable bonds is 6. The summed E-state index contributed by atoms with van der Waals surface area (Å²) in [6.45, 7) is 4.76. The maximum atomic E-state index is 12.4. The van der Waals surface area contributed by atoms with E-state index < -0.39 is 0 Å². The monoisotopic (exact) mass is 334 g/mol. The smallest absolute Gasteiger partial charge is 0.290 e. The van der Waals surface area contributed by atoms with Gasteiger partial charge >= 0.3 is 0 Å². The van der Waals surface area contributed by atoms with Gasteiger partial charge in [0.15, 0.2) is 5.82 Å². The molecule has 128 valence electrons. The number of hydrogen-bond donors (Lipinski definition) is 1. The summed E-state index contributed by atoms with van der Waals surface area (Å²) < 4.78 is 1.73. The average molecular weight is 334 g/mol. The Bertz CT molecular complexity index is 838. The summed E-state index contributed by atoms with van der Waals surface area (Å²) in [6, 6.07) is 17.8. The van der Waals surface area contributed by atoms with E-state index in [4.69, 9.17) is 0 Å². The molecule has 0 bridgehead atoms. The summed E-state index contributed by atoms with van der Waals surface area (Å²) in [7, 11) is 0. The molecular weight excluding hydrogens is 312 g/mol. The van der Waals surface area contributed by atoms with Gasteiger partial charge in [0.1, 0.15) is 0 Å². The fourth-order valence-corrected chi connectivity index (χ4v) is 2.51. The third-order valence-electron chi connectivity index (χ3n) is 3.94. The lowest BCUT2D eigenvalue weighted by atomic mass is 10.2. The number of unbranched alkanes of at least 4 members (excludes halogenated alkanes) is 1. The predicted molar refractivity (Wildman–Crippen MR) is 98.8 cm³/mol. The largest absolute Gasteiger partial charge is 0.349 e. The maximum Gasteiger partial charge on any atom is 0.290 e. The van der Waals surface area contributed by atoms with E-state index in [9.17, 15) is 4.79 Å². The van der Waals surface area contributed by atoms with Gasteiger partial charge < -0.3 is 5.32 Å². The van der Waals surface area contributed by atoms with Crippen molar-refractivity contribution in [3.8, 4) is 17.1 Å². The van der Waals surface area contributed by atoms with E-state index in [1.54, 1.807) is 4.68 Å². The molecule has 0 aliphatic rings. The van der Waals surface area contributed by atoms with Gasteiger partial charge in [-0.25, -0.2) is 9.67 Å². The van der Waals surface area contributed by atoms with Crippen LogP contribution in [0.2, 0.25) is 0 Å². The highest BCUT2D eigenvalue weighted by molar-refractivity contribution is 5.91. The highest BCUT2D eigenvalue weighted by Crippen LogP contribution is 2.21. The van der Waals surface area contributed by atoms with Crippen LogP contribution in [0.3, 0.4) is 0 Å². The summed E-state index contributed by atoms with van der Waals surface area (Å²) in [5.74, 6) is 0.608. The van der Waals surface area contributed by atoms with Crippen molar-refractivity contribution in [2.45, 2.75) is 26.7 Å². The Labute approximate surface area is 147 Å². The van der Waals surface area contributed by atoms with Crippen molar-refractivity contribution in [2.75, 3.05) is 6.54 Å². The highest BCUT2D eigenvalue weighted by atomic mass is 16.2. The highest BCUT2D eigenvalue weighted by Gasteiger charge is 2.18. The zero-order valence-corrected chi connectivity index (χ0v) is 14.6. The number of benzene rings is 2. The van der Waals surface area contributed by atoms with E-state index >= 15 is 0 Å². The first-order valence-electron chi connectivity index (χ1n) is 8.56. The number of nitrogens with one attached hydrogen (secondary N) is 1. The molecule has 1 N–H and O–H groups in total. The Morgan fingerprint density at radius 3 is 2.48 bits per heavy atom. The minimum Gasteiger partial charge on any atom is -0.349 e. The Morgan fingerprint density at radius 1 is 1.08 bits per heavy atom. The lowest BCUT2D eigenvalue weighted by Crippen LogP contribution is -2.25. The molecule has 1 heterocycles. The molecule has 0 unspecified atom stereocenters. The van der Waals surface area contributed by atoms with Crippen LogP contribution in [-0.4, -0.2) is 27.2 Å². The van der Waals surface area contributed by atoms with Crippen LogP contribution < -0.4 is 5.32 Å². The SMILES string of the molecule is CCCCNC(=O)c1nc(-c2ccccc2)n(-c2ccc(C)cc2)n1. The topological polar surface area (TPSA) is 59.8 Å². The van der Waals surface area contributed by atoms with Crippen molar-refractivity contribution < 1.29 is 4.79 Å². The Hall–Kier alpha value is -2.95. The minimum absolute atomic E-state index is 0.190. The molecule has 0 spiro atoms. The summed E-state index contributed by atoms with van der Waals surface area (Å²) in [4.78, 5) is 16.9. The number of carbonyl (C=O) groups excluding carboxylic acids is 1. The third-order valence-corrected chi connectivity index (χ3v) is 3.94. The van der Waals surface area contributed by atoms with Gasteiger partial charge in [-0.2, -0.15) is 0 Å². The van der Waals surface area contributed by atoms with Crippen LogP contribution in [0.1, 0.15) is 35.9 Å². The first-order chi connectivity index (χ1) is 12.2. The predicted octanol–water partition coefficient (Wildman–Crippen LogP) is 3.77. The van der Waals surface area contributed by atoms with Gasteiger partial charge in [-0.15, -0.1) is 5.10 Å². The fraction of sp³-hybridized carbons (Fsp3) is 0.250. The molecule has 3 rings (SSSR count). The van der Waals surface area contributed by atoms with Gasteiger partial charge in [0.2, 0.25) is 5.82 Å². The molecule has 0 saturated heterocycles. The molecule has 25 heavy (non-hydrogen) atoms. The van der Waals surface area contributed by atoms with Gasteiger partial charge in [-0.05, 0) is 25.5 Å². The molecule has 3 aromatic rings. The molecule has 0 atom stereocenters. The first kappa shape index (κ1) is 16.9. The van der Waals surface area contributed by atoms with E-state index in [-0.39, 0.29) is 11.7 Å². The quantitative estimate of drug-likeness (QED) is 0.698. The zero-order chi connectivity index (χ0) is 17.6. The van der Waals surface area contributed by atoms with E-state index in [2.05, 4.69) is 22.3 Å². The second-order valence-electron chi connectivity index (χ2n) is 5.98. The van der Waals surface area contributed by atoms with E-state index in [1.807, 2.05) is 61.5 Å². The minimum atomic E-state index is -0.239. The van der Waals surface area contributed by atoms with Crippen molar-refractivity contribution in [3.63, 3.8) is 0 Å². The summed E-state index contributed by atoms with van der Waals surface area (Å²) in [5, 5.41) is 7.33. The lowest BCUT2D eigenvalue weighted by molar-refractivity contribution is 0.0943. The third kappa shape index (κ3) is 3.94. The summed E-state index contributed by atoms with van der Waals surface area (Å²) in [6.07, 6.45) is 1.97. The second kappa shape index (κ2) is 7.75. The van der Waals surface area contributed by atoms with Gasteiger partial charge in [-0.1, -0.05) is 61.4 Å². The summed E-state index contributed by atoms with van der Waals surface area (Å²) >= 11 is 0. The molecule has 0 aliphatic heterocycles. The number of aryl methyl sites for hydroxylation is 1. The van der Waals surface area contributed by atoms with Crippen molar-refractivity contribution in [2.24, 2.45) is 0 Å². The van der Waals surface area contributed by atoms with Gasteiger partial charge in [0, 0.05) is 12.1 Å². The molecule has 0 radical (unpaired) electrons. The van der Waals surface area contributed by atoms with Crippen LogP contribution in [0.4, 0.5) is 0 Å². The van der Waals surface area contributed by atoms with E-state index in [0.717, 1.165) is 24.1 Å². The number of amides is 1. The van der Waals surface area contributed by atoms with Crippen molar-refractivity contribution in [3.05, 3.63) is 66.0 Å². The van der Waals surface area contributed by atoms with Gasteiger partial charge in [-0.3, -0.25) is 4.79 Å². The van der Waals surface area contributed by atoms with E-state index in [1.165, 1.54) is 5.56 Å². The number of hydrogen-bond acceptors (Lipinski definition) is 3. The Balaban J connectivity index is 2.00. The average Bonchev–Trinajstić information content (AvgIpc) is 3.09. The molecule has 5 nitrogen and oxygen atoms in total. The molecule has 5 heteroatoms. The molecule has 1 amide bonds. The molecule has 1 aromatic heterocycles. The molecule has 0 saturated carbocycles. The molecule has 0 fully saturated rings. The molecule has 2 aromatic carbocycles. The molecular formula is C20H22N4O. The van der Waals surface area contributed by atoms with Crippen LogP contribution in [0.5, 0.6) is 0 Å². The van der Waals surface area contributed by atoms with Crippen LogP contribution >= 0.6 is 0 Å².